The lowest BCUT2D eigenvalue weighted by molar-refractivity contribution is 0.373. The highest BCUT2D eigenvalue weighted by Crippen LogP contribution is 2.29. The van der Waals surface area contributed by atoms with Crippen molar-refractivity contribution in [2.24, 2.45) is 0 Å². The van der Waals surface area contributed by atoms with Gasteiger partial charge in [0.25, 0.3) is 0 Å². The first-order valence-electron chi connectivity index (χ1n) is 6.37. The molecule has 1 aromatic carbocycles. The number of hydrogen-bond donors (Lipinski definition) is 1. The second kappa shape index (κ2) is 5.09. The van der Waals surface area contributed by atoms with Crippen LogP contribution < -0.4 is 5.73 Å². The lowest BCUT2D eigenvalue weighted by atomic mass is 10.2. The van der Waals surface area contributed by atoms with Gasteiger partial charge in [0, 0.05) is 13.1 Å². The fourth-order valence-corrected chi connectivity index (χ4v) is 4.22. The number of nitrogens with zero attached hydrogens (tertiary/aromatic N) is 1. The van der Waals surface area contributed by atoms with Crippen LogP contribution in [0.5, 0.6) is 0 Å². The van der Waals surface area contributed by atoms with Crippen molar-refractivity contribution in [3.05, 3.63) is 23.5 Å². The monoisotopic (exact) mass is 286 g/mol. The number of anilines is 1. The molecule has 19 heavy (non-hydrogen) atoms. The minimum Gasteiger partial charge on any atom is -0.396 e. The number of hydrogen-bond acceptors (Lipinski definition) is 3. The average Bonchev–Trinajstić information content (AvgIpc) is 2.86. The largest absolute Gasteiger partial charge is 0.396 e. The Morgan fingerprint density at radius 2 is 1.89 bits per heavy atom. The molecule has 2 N–H and O–H groups in total. The first-order valence-corrected chi connectivity index (χ1v) is 7.81. The van der Waals surface area contributed by atoms with E-state index in [4.69, 9.17) is 5.73 Å². The number of rotatable bonds is 3. The molecule has 0 radical (unpaired) electrons. The van der Waals surface area contributed by atoms with E-state index in [0.717, 1.165) is 25.7 Å². The van der Waals surface area contributed by atoms with E-state index in [2.05, 4.69) is 0 Å². The first-order chi connectivity index (χ1) is 8.84. The Kier molecular flexibility index (Phi) is 3.82. The number of nitrogen functional groups attached to an aromatic ring is 1. The van der Waals surface area contributed by atoms with Crippen molar-refractivity contribution in [1.29, 1.82) is 0 Å². The van der Waals surface area contributed by atoms with Gasteiger partial charge in [0.2, 0.25) is 10.0 Å². The van der Waals surface area contributed by atoms with Gasteiger partial charge in [0.15, 0.2) is 0 Å². The van der Waals surface area contributed by atoms with Crippen molar-refractivity contribution in [3.63, 3.8) is 0 Å². The van der Waals surface area contributed by atoms with Crippen LogP contribution in [0.1, 0.15) is 31.2 Å². The third-order valence-corrected chi connectivity index (χ3v) is 5.84. The highest BCUT2D eigenvalue weighted by molar-refractivity contribution is 7.89. The van der Waals surface area contributed by atoms with Crippen LogP contribution in [0.3, 0.4) is 0 Å². The van der Waals surface area contributed by atoms with E-state index < -0.39 is 15.8 Å². The molecular weight excluding hydrogens is 267 g/mol. The zero-order valence-corrected chi connectivity index (χ0v) is 12.0. The van der Waals surface area contributed by atoms with Crippen LogP contribution in [0.2, 0.25) is 0 Å². The van der Waals surface area contributed by atoms with Gasteiger partial charge < -0.3 is 5.73 Å². The van der Waals surface area contributed by atoms with Gasteiger partial charge in [0.05, 0.1) is 10.6 Å². The van der Waals surface area contributed by atoms with E-state index in [0.29, 0.717) is 5.56 Å². The van der Waals surface area contributed by atoms with Crippen molar-refractivity contribution in [2.45, 2.75) is 43.5 Å². The van der Waals surface area contributed by atoms with E-state index in [-0.39, 0.29) is 16.6 Å². The molecule has 0 heterocycles. The summed E-state index contributed by atoms with van der Waals surface area (Å²) in [5.74, 6) is -0.583. The van der Waals surface area contributed by atoms with Crippen LogP contribution >= 0.6 is 0 Å². The van der Waals surface area contributed by atoms with Crippen molar-refractivity contribution < 1.29 is 12.8 Å². The van der Waals surface area contributed by atoms with Crippen LogP contribution in [-0.2, 0) is 10.0 Å². The number of halogens is 1. The quantitative estimate of drug-likeness (QED) is 0.867. The molecule has 6 heteroatoms. The molecule has 1 aromatic rings. The molecule has 106 valence electrons. The Balaban J connectivity index is 2.41. The number of aryl methyl sites for hydroxylation is 1. The summed E-state index contributed by atoms with van der Waals surface area (Å²) in [6.45, 7) is 1.58. The Bertz CT molecular complexity index is 581. The Hall–Kier alpha value is -1.14. The fraction of sp³-hybridized carbons (Fsp3) is 0.538. The van der Waals surface area contributed by atoms with Crippen molar-refractivity contribution in [3.8, 4) is 0 Å². The second-order valence-corrected chi connectivity index (χ2v) is 7.06. The summed E-state index contributed by atoms with van der Waals surface area (Å²) in [5, 5.41) is 0. The lowest BCUT2D eigenvalue weighted by Crippen LogP contribution is -2.35. The minimum absolute atomic E-state index is 0.0377. The van der Waals surface area contributed by atoms with Gasteiger partial charge in [-0.05, 0) is 37.5 Å². The molecule has 0 saturated heterocycles. The van der Waals surface area contributed by atoms with Crippen molar-refractivity contribution in [2.75, 3.05) is 12.8 Å². The van der Waals surface area contributed by atoms with Gasteiger partial charge in [-0.2, -0.15) is 4.31 Å². The molecule has 1 aliphatic rings. The molecule has 2 rings (SSSR count). The summed E-state index contributed by atoms with van der Waals surface area (Å²) in [7, 11) is -2.02. The smallest absolute Gasteiger partial charge is 0.243 e. The highest BCUT2D eigenvalue weighted by atomic mass is 32.2. The molecular formula is C13H19FN2O2S. The predicted octanol–water partition coefficient (Wildman–Crippen LogP) is 2.28. The second-order valence-electron chi connectivity index (χ2n) is 5.10. The van der Waals surface area contributed by atoms with E-state index in [1.54, 1.807) is 14.0 Å². The maximum atomic E-state index is 13.3. The Morgan fingerprint density at radius 3 is 2.47 bits per heavy atom. The van der Waals surface area contributed by atoms with Gasteiger partial charge >= 0.3 is 0 Å². The van der Waals surface area contributed by atoms with Gasteiger partial charge in [-0.3, -0.25) is 0 Å². The van der Waals surface area contributed by atoms with E-state index in [1.807, 2.05) is 0 Å². The van der Waals surface area contributed by atoms with Crippen LogP contribution in [0.4, 0.5) is 10.1 Å². The maximum absolute atomic E-state index is 13.3. The first kappa shape index (κ1) is 14.3. The molecule has 1 aliphatic carbocycles. The summed E-state index contributed by atoms with van der Waals surface area (Å²) in [6.07, 6.45) is 3.86. The summed E-state index contributed by atoms with van der Waals surface area (Å²) in [5.41, 5.74) is 5.73. The van der Waals surface area contributed by atoms with E-state index in [9.17, 15) is 12.8 Å². The number of nitrogens with two attached hydrogens (primary N) is 1. The Morgan fingerprint density at radius 1 is 1.32 bits per heavy atom. The normalized spacial score (nSPS) is 17.3. The molecule has 1 saturated carbocycles. The molecule has 0 bridgehead atoms. The maximum Gasteiger partial charge on any atom is 0.243 e. The van der Waals surface area contributed by atoms with Gasteiger partial charge in [0.1, 0.15) is 5.82 Å². The minimum atomic E-state index is -3.61. The zero-order valence-electron chi connectivity index (χ0n) is 11.2. The van der Waals surface area contributed by atoms with Crippen LogP contribution in [0.25, 0.3) is 0 Å². The molecule has 0 spiro atoms. The number of benzene rings is 1. The molecule has 0 amide bonds. The standard InChI is InChI=1S/C13H19FN2O2S/c1-9-7-11(14)12(15)8-13(9)19(17,18)16(2)10-5-3-4-6-10/h7-8,10H,3-6,15H2,1-2H3. The fourth-order valence-electron chi connectivity index (χ4n) is 2.57. The highest BCUT2D eigenvalue weighted by Gasteiger charge is 2.31. The Labute approximate surface area is 113 Å². The summed E-state index contributed by atoms with van der Waals surface area (Å²) < 4.78 is 39.8. The summed E-state index contributed by atoms with van der Waals surface area (Å²) in [4.78, 5) is 0.0980. The lowest BCUT2D eigenvalue weighted by Gasteiger charge is -2.24. The van der Waals surface area contributed by atoms with E-state index >= 15 is 0 Å². The predicted molar refractivity (Wildman–Crippen MR) is 72.8 cm³/mol. The van der Waals surface area contributed by atoms with Crippen molar-refractivity contribution >= 4 is 15.7 Å². The number of sulfonamides is 1. The third-order valence-electron chi connectivity index (χ3n) is 3.79. The average molecular weight is 286 g/mol. The summed E-state index contributed by atoms with van der Waals surface area (Å²) >= 11 is 0. The SMILES string of the molecule is Cc1cc(F)c(N)cc1S(=O)(=O)N(C)C1CCCC1. The molecule has 0 aliphatic heterocycles. The molecule has 1 fully saturated rings. The molecule has 4 nitrogen and oxygen atoms in total. The van der Waals surface area contributed by atoms with Crippen LogP contribution in [0.15, 0.2) is 17.0 Å². The third kappa shape index (κ3) is 2.60. The van der Waals surface area contributed by atoms with Crippen molar-refractivity contribution in [1.82, 2.24) is 4.31 Å². The molecule has 0 aromatic heterocycles. The summed E-state index contributed by atoms with van der Waals surface area (Å²) in [6, 6.07) is 2.42. The molecule has 0 unspecified atom stereocenters. The van der Waals surface area contributed by atoms with E-state index in [1.165, 1.54) is 16.4 Å². The van der Waals surface area contributed by atoms with Gasteiger partial charge in [-0.1, -0.05) is 12.8 Å². The topological polar surface area (TPSA) is 63.4 Å². The van der Waals surface area contributed by atoms with Gasteiger partial charge in [-0.25, -0.2) is 12.8 Å². The van der Waals surface area contributed by atoms with Crippen LogP contribution in [-0.4, -0.2) is 25.8 Å². The molecule has 0 atom stereocenters. The van der Waals surface area contributed by atoms with Gasteiger partial charge in [-0.15, -0.1) is 0 Å². The van der Waals surface area contributed by atoms with Crippen LogP contribution in [0, 0.1) is 12.7 Å². The zero-order chi connectivity index (χ0) is 14.2.